The predicted octanol–water partition coefficient (Wildman–Crippen LogP) is 4.46. The van der Waals surface area contributed by atoms with Gasteiger partial charge in [-0.1, -0.05) is 30.3 Å². The number of fused-ring (bicyclic) bond motifs is 1. The fraction of sp³-hybridized carbons (Fsp3) is 0.120. The Morgan fingerprint density at radius 3 is 2.79 bits per heavy atom. The number of anilines is 1. The second-order valence-electron chi connectivity index (χ2n) is 7.01. The van der Waals surface area contributed by atoms with Gasteiger partial charge < -0.3 is 19.8 Å². The lowest BCUT2D eigenvalue weighted by Gasteiger charge is -2.08. The number of methoxy groups -OCH3 is 1. The van der Waals surface area contributed by atoms with E-state index in [1.807, 2.05) is 30.3 Å². The summed E-state index contributed by atoms with van der Waals surface area (Å²) in [6.45, 7) is 2.01. The highest BCUT2D eigenvalue weighted by Crippen LogP contribution is 2.30. The van der Waals surface area contributed by atoms with Crippen molar-refractivity contribution in [2.45, 2.75) is 6.92 Å². The molecule has 0 aliphatic rings. The van der Waals surface area contributed by atoms with Gasteiger partial charge in [-0.15, -0.1) is 0 Å². The number of aromatic amines is 1. The summed E-state index contributed by atoms with van der Waals surface area (Å²) in [5, 5.41) is 3.42. The van der Waals surface area contributed by atoms with E-state index in [1.54, 1.807) is 44.5 Å². The summed E-state index contributed by atoms with van der Waals surface area (Å²) in [5.41, 5.74) is 3.55. The molecule has 0 aliphatic heterocycles. The molecule has 0 bridgehead atoms. The molecule has 0 radical (unpaired) electrons. The summed E-state index contributed by atoms with van der Waals surface area (Å²) in [6, 6.07) is 14.7. The van der Waals surface area contributed by atoms with Crippen LogP contribution in [0.2, 0.25) is 0 Å². The third-order valence-corrected chi connectivity index (χ3v) is 4.92. The molecule has 0 saturated heterocycles. The summed E-state index contributed by atoms with van der Waals surface area (Å²) in [5.74, 6) is -0.0642. The molecule has 8 nitrogen and oxygen atoms in total. The van der Waals surface area contributed by atoms with Crippen LogP contribution in [0, 0.1) is 0 Å². The Hall–Kier alpha value is -4.46. The number of hydrogen-bond donors (Lipinski definition) is 2. The molecule has 2 aromatic heterocycles. The number of benzene rings is 2. The predicted molar refractivity (Wildman–Crippen MR) is 126 cm³/mol. The quantitative estimate of drug-likeness (QED) is 0.323. The third-order valence-electron chi connectivity index (χ3n) is 4.92. The van der Waals surface area contributed by atoms with Gasteiger partial charge in [-0.3, -0.25) is 4.79 Å². The minimum atomic E-state index is -0.453. The molecule has 4 aromatic rings. The normalized spacial score (nSPS) is 11.0. The molecule has 0 atom stereocenters. The molecule has 1 amide bonds. The van der Waals surface area contributed by atoms with Crippen LogP contribution in [0.5, 0.6) is 5.75 Å². The highest BCUT2D eigenvalue weighted by atomic mass is 16.5. The molecule has 4 rings (SSSR count). The Bertz CT molecular complexity index is 1340. The lowest BCUT2D eigenvalue weighted by atomic mass is 10.1. The summed E-state index contributed by atoms with van der Waals surface area (Å²) < 4.78 is 10.5. The average Bonchev–Trinajstić information content (AvgIpc) is 3.28. The van der Waals surface area contributed by atoms with Crippen molar-refractivity contribution in [2.75, 3.05) is 19.0 Å². The van der Waals surface area contributed by atoms with E-state index >= 15 is 0 Å². The van der Waals surface area contributed by atoms with Gasteiger partial charge in [0.2, 0.25) is 5.91 Å². The van der Waals surface area contributed by atoms with Crippen molar-refractivity contribution in [3.8, 4) is 17.0 Å². The Kier molecular flexibility index (Phi) is 6.45. The number of para-hydroxylation sites is 1. The average molecular weight is 442 g/mol. The van der Waals surface area contributed by atoms with E-state index in [-0.39, 0.29) is 12.5 Å². The summed E-state index contributed by atoms with van der Waals surface area (Å²) in [4.78, 5) is 36.4. The van der Waals surface area contributed by atoms with Gasteiger partial charge in [0.25, 0.3) is 0 Å². The van der Waals surface area contributed by atoms with Crippen LogP contribution in [0.3, 0.4) is 0 Å². The zero-order valence-corrected chi connectivity index (χ0v) is 18.2. The van der Waals surface area contributed by atoms with Gasteiger partial charge >= 0.3 is 5.97 Å². The van der Waals surface area contributed by atoms with E-state index in [2.05, 4.69) is 20.3 Å². The molecular weight excluding hydrogens is 420 g/mol. The smallest absolute Gasteiger partial charge is 0.340 e. The molecule has 0 saturated carbocycles. The van der Waals surface area contributed by atoms with Crippen molar-refractivity contribution in [3.05, 3.63) is 78.3 Å². The molecule has 0 unspecified atom stereocenters. The first kappa shape index (κ1) is 21.8. The number of aromatic nitrogens is 3. The SMILES string of the molecule is CCOC(=O)c1c[nH]c2ncnc(-c3cccc(NC(=O)C=Cc4ccccc4OC)c3)c12. The number of H-pyrrole nitrogens is 1. The largest absolute Gasteiger partial charge is 0.496 e. The second-order valence-corrected chi connectivity index (χ2v) is 7.01. The fourth-order valence-corrected chi connectivity index (χ4v) is 3.45. The number of ether oxygens (including phenoxy) is 2. The fourth-order valence-electron chi connectivity index (χ4n) is 3.45. The number of hydrogen-bond acceptors (Lipinski definition) is 6. The van der Waals surface area contributed by atoms with E-state index in [4.69, 9.17) is 9.47 Å². The maximum atomic E-state index is 12.5. The number of carbonyl (C=O) groups excluding carboxylic acids is 2. The zero-order chi connectivity index (χ0) is 23.2. The van der Waals surface area contributed by atoms with Crippen LogP contribution in [0.1, 0.15) is 22.8 Å². The first-order valence-corrected chi connectivity index (χ1v) is 10.3. The minimum absolute atomic E-state index is 0.262. The van der Waals surface area contributed by atoms with Gasteiger partial charge in [0.1, 0.15) is 17.7 Å². The maximum absolute atomic E-state index is 12.5. The van der Waals surface area contributed by atoms with E-state index in [0.29, 0.717) is 33.7 Å². The number of esters is 1. The van der Waals surface area contributed by atoms with E-state index in [0.717, 1.165) is 11.1 Å². The Morgan fingerprint density at radius 2 is 1.97 bits per heavy atom. The van der Waals surface area contributed by atoms with Gasteiger partial charge in [0.05, 0.1) is 30.4 Å². The van der Waals surface area contributed by atoms with Crippen LogP contribution in [-0.4, -0.2) is 40.5 Å². The molecular formula is C25H22N4O4. The van der Waals surface area contributed by atoms with Crippen molar-refractivity contribution < 1.29 is 19.1 Å². The number of rotatable bonds is 7. The third kappa shape index (κ3) is 4.74. The lowest BCUT2D eigenvalue weighted by Crippen LogP contribution is -2.08. The number of amides is 1. The molecule has 2 N–H and O–H groups in total. The summed E-state index contributed by atoms with van der Waals surface area (Å²) >= 11 is 0. The molecule has 33 heavy (non-hydrogen) atoms. The summed E-state index contributed by atoms with van der Waals surface area (Å²) in [6.07, 6.45) is 6.12. The Morgan fingerprint density at radius 1 is 1.12 bits per heavy atom. The highest BCUT2D eigenvalue weighted by molar-refractivity contribution is 6.08. The van der Waals surface area contributed by atoms with E-state index in [9.17, 15) is 9.59 Å². The van der Waals surface area contributed by atoms with E-state index in [1.165, 1.54) is 12.4 Å². The van der Waals surface area contributed by atoms with Crippen LogP contribution in [-0.2, 0) is 9.53 Å². The van der Waals surface area contributed by atoms with Crippen molar-refractivity contribution in [1.82, 2.24) is 15.0 Å². The van der Waals surface area contributed by atoms with Crippen LogP contribution in [0.4, 0.5) is 5.69 Å². The first-order valence-electron chi connectivity index (χ1n) is 10.3. The zero-order valence-electron chi connectivity index (χ0n) is 18.2. The van der Waals surface area contributed by atoms with Gasteiger partial charge in [0.15, 0.2) is 0 Å². The van der Waals surface area contributed by atoms with Crippen LogP contribution in [0.25, 0.3) is 28.4 Å². The Balaban J connectivity index is 1.60. The molecule has 8 heteroatoms. The highest BCUT2D eigenvalue weighted by Gasteiger charge is 2.19. The number of nitrogens with zero attached hydrogens (tertiary/aromatic N) is 2. The first-order chi connectivity index (χ1) is 16.1. The topological polar surface area (TPSA) is 106 Å². The monoisotopic (exact) mass is 442 g/mol. The van der Waals surface area contributed by atoms with Crippen molar-refractivity contribution in [1.29, 1.82) is 0 Å². The second kappa shape index (κ2) is 9.78. The maximum Gasteiger partial charge on any atom is 0.340 e. The molecule has 0 spiro atoms. The van der Waals surface area contributed by atoms with Crippen LogP contribution < -0.4 is 10.1 Å². The number of nitrogens with one attached hydrogen (secondary N) is 2. The minimum Gasteiger partial charge on any atom is -0.496 e. The Labute approximate surface area is 190 Å². The number of carbonyl (C=O) groups is 2. The van der Waals surface area contributed by atoms with Gasteiger partial charge in [-0.25, -0.2) is 14.8 Å². The van der Waals surface area contributed by atoms with Gasteiger partial charge in [-0.2, -0.15) is 0 Å². The van der Waals surface area contributed by atoms with Gasteiger partial charge in [0, 0.05) is 29.1 Å². The van der Waals surface area contributed by atoms with Gasteiger partial charge in [-0.05, 0) is 31.2 Å². The van der Waals surface area contributed by atoms with Crippen LogP contribution >= 0.6 is 0 Å². The molecule has 0 fully saturated rings. The summed E-state index contributed by atoms with van der Waals surface area (Å²) in [7, 11) is 1.58. The van der Waals surface area contributed by atoms with E-state index < -0.39 is 5.97 Å². The van der Waals surface area contributed by atoms with Crippen molar-refractivity contribution >= 4 is 34.7 Å². The lowest BCUT2D eigenvalue weighted by molar-refractivity contribution is -0.111. The molecule has 166 valence electrons. The van der Waals surface area contributed by atoms with Crippen LogP contribution in [0.15, 0.2) is 67.1 Å². The standard InChI is InChI=1S/C25H22N4O4/c1-3-33-25(31)19-14-26-24-22(19)23(27-15-28-24)17-8-6-9-18(13-17)29-21(30)12-11-16-7-4-5-10-20(16)32-2/h4-15H,3H2,1-2H3,(H,29,30)(H,26,27,28). The van der Waals surface area contributed by atoms with Crippen molar-refractivity contribution in [3.63, 3.8) is 0 Å². The molecule has 2 aromatic carbocycles. The molecule has 0 aliphatic carbocycles. The molecule has 2 heterocycles. The van der Waals surface area contributed by atoms with Crippen molar-refractivity contribution in [2.24, 2.45) is 0 Å².